The second kappa shape index (κ2) is 10.2. The first-order valence-electron chi connectivity index (χ1n) is 6.54. The van der Waals surface area contributed by atoms with Crippen molar-refractivity contribution in [1.82, 2.24) is 0 Å². The summed E-state index contributed by atoms with van der Waals surface area (Å²) < 4.78 is 6.66. The molecule has 24 heavy (non-hydrogen) atoms. The van der Waals surface area contributed by atoms with Crippen LogP contribution in [0.5, 0.6) is 0 Å². The van der Waals surface area contributed by atoms with Crippen LogP contribution in [0.2, 0.25) is 0 Å². The largest absolute Gasteiger partial charge is 0.0826 e. The average molecular weight is 975 g/mol. The van der Waals surface area contributed by atoms with E-state index >= 15 is 0 Å². The van der Waals surface area contributed by atoms with Crippen molar-refractivity contribution in [3.8, 4) is 0 Å². The second-order valence-electron chi connectivity index (χ2n) is 5.10. The summed E-state index contributed by atoms with van der Waals surface area (Å²) in [5.74, 6) is 0. The molecule has 4 unspecified atom stereocenters. The minimum Gasteiger partial charge on any atom is -0.0826 e. The third-order valence-electron chi connectivity index (χ3n) is 3.66. The highest BCUT2D eigenvalue weighted by molar-refractivity contribution is 9.17. The quantitative estimate of drug-likeness (QED) is 0.247. The minimum atomic E-state index is 0.202. The van der Waals surface area contributed by atoms with Gasteiger partial charge in [-0.25, -0.2) is 0 Å². The van der Waals surface area contributed by atoms with Gasteiger partial charge in [-0.05, 0) is 71.8 Å². The highest BCUT2D eigenvalue weighted by atomic mass is 79.9. The van der Waals surface area contributed by atoms with Crippen molar-refractivity contribution < 1.29 is 0 Å². The third kappa shape index (κ3) is 4.90. The van der Waals surface area contributed by atoms with Crippen LogP contribution in [-0.4, -0.2) is 19.3 Å². The molecule has 0 saturated heterocycles. The molecular weight excluding hydrogens is 967 g/mol. The van der Waals surface area contributed by atoms with Gasteiger partial charge in [-0.1, -0.05) is 112 Å². The van der Waals surface area contributed by atoms with Gasteiger partial charge in [0.1, 0.15) is 0 Å². The van der Waals surface area contributed by atoms with Gasteiger partial charge in [0.05, 0.1) is 19.3 Å². The normalized spacial score (nSPS) is 32.2. The summed E-state index contributed by atoms with van der Waals surface area (Å²) >= 11 is 37.2. The Bertz CT molecular complexity index is 671. The maximum Gasteiger partial charge on any atom is 0.0643 e. The molecule has 134 valence electrons. The van der Waals surface area contributed by atoms with Crippen LogP contribution in [-0.2, 0) is 0 Å². The lowest BCUT2D eigenvalue weighted by atomic mass is 9.95. The Balaban J connectivity index is 2.31. The van der Waals surface area contributed by atoms with Crippen LogP contribution in [0.4, 0.5) is 0 Å². The van der Waals surface area contributed by atoms with Crippen LogP contribution in [0.1, 0.15) is 12.8 Å². The molecule has 4 atom stereocenters. The SMILES string of the molecule is BrC1=C(Br)C(Br)C(Br)C(Br)=C1CCC1=C(Br)C(Br)=C(Br)C(Br)C1Br. The van der Waals surface area contributed by atoms with Crippen molar-refractivity contribution in [2.24, 2.45) is 0 Å². The monoisotopic (exact) mass is 965 g/mol. The van der Waals surface area contributed by atoms with Gasteiger partial charge in [-0.15, -0.1) is 0 Å². The first-order valence-corrected chi connectivity index (χ1v) is 15.0. The topological polar surface area (TPSA) is 0 Å². The van der Waals surface area contributed by atoms with Crippen LogP contribution in [0, 0.1) is 0 Å². The van der Waals surface area contributed by atoms with Gasteiger partial charge in [-0.2, -0.15) is 0 Å². The Kier molecular flexibility index (Phi) is 10.2. The molecule has 2 rings (SSSR count). The predicted octanol–water partition coefficient (Wildman–Crippen LogP) is 10.1. The number of rotatable bonds is 3. The lowest BCUT2D eigenvalue weighted by Gasteiger charge is -2.30. The number of alkyl halides is 4. The smallest absolute Gasteiger partial charge is 0.0643 e. The van der Waals surface area contributed by atoms with Gasteiger partial charge in [0.15, 0.2) is 0 Å². The standard InChI is InChI=1S/C14H8Br10/c15-5-3(6(16)10(20)13(23)9(5)19)1-2-4-7(17)11(21)14(24)12(22)8(4)18/h5,9,11,14H,1-2H2. The maximum atomic E-state index is 3.82. The van der Waals surface area contributed by atoms with E-state index in [9.17, 15) is 0 Å². The van der Waals surface area contributed by atoms with Crippen LogP contribution in [0.25, 0.3) is 0 Å². The molecule has 0 spiro atoms. The first kappa shape index (κ1) is 24.0. The van der Waals surface area contributed by atoms with Gasteiger partial charge in [0.25, 0.3) is 0 Å². The zero-order chi connectivity index (χ0) is 18.3. The van der Waals surface area contributed by atoms with Crippen LogP contribution in [0.3, 0.4) is 0 Å². The molecule has 0 amide bonds. The van der Waals surface area contributed by atoms with Gasteiger partial charge < -0.3 is 0 Å². The zero-order valence-electron chi connectivity index (χ0n) is 11.5. The Labute approximate surface area is 225 Å². The van der Waals surface area contributed by atoms with Crippen molar-refractivity contribution in [2.45, 2.75) is 32.2 Å². The van der Waals surface area contributed by atoms with Gasteiger partial charge in [0, 0.05) is 26.9 Å². The van der Waals surface area contributed by atoms with E-state index in [0.717, 1.165) is 35.3 Å². The molecule has 0 fully saturated rings. The molecule has 0 heterocycles. The first-order chi connectivity index (χ1) is 11.1. The summed E-state index contributed by atoms with van der Waals surface area (Å²) in [6.07, 6.45) is 1.85. The summed E-state index contributed by atoms with van der Waals surface area (Å²) in [6.45, 7) is 0. The van der Waals surface area contributed by atoms with Gasteiger partial charge >= 0.3 is 0 Å². The molecule has 0 aromatic rings. The summed E-state index contributed by atoms with van der Waals surface area (Å²) in [7, 11) is 0. The van der Waals surface area contributed by atoms with E-state index < -0.39 is 0 Å². The van der Waals surface area contributed by atoms with E-state index in [1.165, 1.54) is 15.6 Å². The molecule has 0 aromatic carbocycles. The molecule has 2 aliphatic carbocycles. The number of allylic oxidation sites excluding steroid dienone is 8. The van der Waals surface area contributed by atoms with Gasteiger partial charge in [0.2, 0.25) is 0 Å². The molecule has 0 saturated carbocycles. The highest BCUT2D eigenvalue weighted by Crippen LogP contribution is 2.50. The molecule has 10 heteroatoms. The Morgan fingerprint density at radius 3 is 1.54 bits per heavy atom. The summed E-state index contributed by atoms with van der Waals surface area (Å²) in [5, 5.41) is 0. The Hall–Kier alpha value is 3.76. The Morgan fingerprint density at radius 1 is 0.500 bits per heavy atom. The number of hydrogen-bond acceptors (Lipinski definition) is 0. The van der Waals surface area contributed by atoms with E-state index in [4.69, 9.17) is 0 Å². The van der Waals surface area contributed by atoms with Crippen molar-refractivity contribution in [3.05, 3.63) is 38.0 Å². The molecule has 0 aromatic heterocycles. The van der Waals surface area contributed by atoms with E-state index in [0.29, 0.717) is 0 Å². The highest BCUT2D eigenvalue weighted by Gasteiger charge is 2.34. The van der Waals surface area contributed by atoms with Crippen LogP contribution in [0.15, 0.2) is 38.0 Å². The maximum absolute atomic E-state index is 3.82. The third-order valence-corrected chi connectivity index (χ3v) is 18.0. The molecule has 0 bridgehead atoms. The molecular formula is C14H8Br10. The van der Waals surface area contributed by atoms with E-state index in [1.54, 1.807) is 0 Å². The summed E-state index contributed by atoms with van der Waals surface area (Å²) in [6, 6.07) is 0. The fraction of sp³-hybridized carbons (Fsp3) is 0.429. The van der Waals surface area contributed by atoms with Crippen LogP contribution < -0.4 is 0 Å². The lowest BCUT2D eigenvalue weighted by Crippen LogP contribution is -2.23. The average Bonchev–Trinajstić information content (AvgIpc) is 2.57. The fourth-order valence-electron chi connectivity index (χ4n) is 2.32. The minimum absolute atomic E-state index is 0.202. The van der Waals surface area contributed by atoms with Crippen molar-refractivity contribution in [3.63, 3.8) is 0 Å². The van der Waals surface area contributed by atoms with Crippen molar-refractivity contribution in [1.29, 1.82) is 0 Å². The number of hydrogen-bond donors (Lipinski definition) is 0. The van der Waals surface area contributed by atoms with Crippen molar-refractivity contribution >= 4 is 159 Å². The molecule has 0 radical (unpaired) electrons. The second-order valence-corrected chi connectivity index (χ2v) is 14.0. The lowest BCUT2D eigenvalue weighted by molar-refractivity contribution is 0.854. The van der Waals surface area contributed by atoms with E-state index in [-0.39, 0.29) is 19.3 Å². The zero-order valence-corrected chi connectivity index (χ0v) is 27.4. The van der Waals surface area contributed by atoms with E-state index in [1.807, 2.05) is 0 Å². The molecule has 0 N–H and O–H groups in total. The fourth-order valence-corrected chi connectivity index (χ4v) is 10.6. The predicted molar refractivity (Wildman–Crippen MR) is 142 cm³/mol. The summed E-state index contributed by atoms with van der Waals surface area (Å²) in [4.78, 5) is 0.833. The molecule has 0 aliphatic heterocycles. The van der Waals surface area contributed by atoms with E-state index in [2.05, 4.69) is 159 Å². The van der Waals surface area contributed by atoms with Gasteiger partial charge in [-0.3, -0.25) is 0 Å². The summed E-state index contributed by atoms with van der Waals surface area (Å²) in [5.41, 5.74) is 2.59. The molecule has 0 nitrogen and oxygen atoms in total. The number of halogens is 10. The van der Waals surface area contributed by atoms with Crippen molar-refractivity contribution in [2.75, 3.05) is 0 Å². The molecule has 2 aliphatic rings. The Morgan fingerprint density at radius 2 is 0.958 bits per heavy atom. The van der Waals surface area contributed by atoms with Crippen LogP contribution >= 0.6 is 159 Å².